The van der Waals surface area contributed by atoms with E-state index in [1.165, 1.54) is 10.6 Å². The van der Waals surface area contributed by atoms with E-state index in [2.05, 4.69) is 4.98 Å². The second kappa shape index (κ2) is 8.84. The molecule has 0 amide bonds. The molecule has 2 aromatic carbocycles. The molecule has 0 saturated heterocycles. The number of carboxylic acid groups (broad SMARTS) is 1. The first-order chi connectivity index (χ1) is 17.4. The minimum absolute atomic E-state index is 0.0165. The number of nitrogens with one attached hydrogen (secondary N) is 1. The highest BCUT2D eigenvalue weighted by Gasteiger charge is 2.34. The van der Waals surface area contributed by atoms with Crippen molar-refractivity contribution >= 4 is 38.1 Å². The number of sulfone groups is 1. The number of benzene rings is 2. The van der Waals surface area contributed by atoms with Gasteiger partial charge in [-0.15, -0.1) is 0 Å². The van der Waals surface area contributed by atoms with E-state index < -0.39 is 33.5 Å². The standard InChI is InChI=1S/C26H23F2N3O5S/c1-30-12-18-16-9-14(13-37(2,35)36)3-5-20(16)31(22-6-4-15(27)10-19(22)28)21(7-8-23(32)33)17-11-29-25(24(17)18)26(30)34/h3-6,9-12,21,29H,7-8,13H2,1-2H3,(H,32,33)/t21-/m1/s1. The zero-order valence-electron chi connectivity index (χ0n) is 20.0. The molecule has 4 aromatic rings. The smallest absolute Gasteiger partial charge is 0.303 e. The number of pyridine rings is 1. The number of aromatic amines is 1. The molecule has 0 bridgehead atoms. The van der Waals surface area contributed by atoms with Crippen molar-refractivity contribution in [3.63, 3.8) is 0 Å². The van der Waals surface area contributed by atoms with Crippen molar-refractivity contribution in [2.24, 2.45) is 7.05 Å². The SMILES string of the molecule is Cn1cc2c3c(c[nH]c3c1=O)[C@@H](CCC(=O)O)N(c1ccc(F)cc1F)c1ccc(CS(C)(=O)=O)cc1-2. The van der Waals surface area contributed by atoms with Crippen LogP contribution in [0.4, 0.5) is 20.2 Å². The number of nitrogens with zero attached hydrogens (tertiary/aromatic N) is 2. The molecule has 0 radical (unpaired) electrons. The number of carbonyl (C=O) groups is 1. The van der Waals surface area contributed by atoms with Crippen molar-refractivity contribution in [1.29, 1.82) is 0 Å². The highest BCUT2D eigenvalue weighted by atomic mass is 32.2. The number of hydrogen-bond acceptors (Lipinski definition) is 5. The van der Waals surface area contributed by atoms with Gasteiger partial charge in [-0.1, -0.05) is 6.07 Å². The number of anilines is 2. The number of rotatable bonds is 6. The van der Waals surface area contributed by atoms with Gasteiger partial charge in [0.2, 0.25) is 0 Å². The van der Waals surface area contributed by atoms with Crippen LogP contribution in [-0.2, 0) is 27.4 Å². The Labute approximate surface area is 210 Å². The van der Waals surface area contributed by atoms with Crippen LogP contribution in [0.1, 0.15) is 30.0 Å². The topological polar surface area (TPSA) is 112 Å². The fourth-order valence-corrected chi connectivity index (χ4v) is 5.87. The molecule has 1 aliphatic rings. The van der Waals surface area contributed by atoms with Crippen LogP contribution in [0.15, 0.2) is 53.6 Å². The van der Waals surface area contributed by atoms with Crippen molar-refractivity contribution in [2.75, 3.05) is 11.2 Å². The molecule has 192 valence electrons. The lowest BCUT2D eigenvalue weighted by molar-refractivity contribution is -0.137. The van der Waals surface area contributed by atoms with Crippen LogP contribution in [0.3, 0.4) is 0 Å². The Morgan fingerprint density at radius 2 is 1.84 bits per heavy atom. The van der Waals surface area contributed by atoms with Crippen LogP contribution in [0.5, 0.6) is 0 Å². The predicted octanol–water partition coefficient (Wildman–Crippen LogP) is 4.41. The summed E-state index contributed by atoms with van der Waals surface area (Å²) < 4.78 is 54.6. The third-order valence-electron chi connectivity index (χ3n) is 6.55. The maximum Gasteiger partial charge on any atom is 0.303 e. The van der Waals surface area contributed by atoms with Crippen molar-refractivity contribution in [2.45, 2.75) is 24.6 Å². The van der Waals surface area contributed by atoms with E-state index in [4.69, 9.17) is 0 Å². The Bertz CT molecular complexity index is 1740. The lowest BCUT2D eigenvalue weighted by Gasteiger charge is -2.34. The van der Waals surface area contributed by atoms with Gasteiger partial charge >= 0.3 is 5.97 Å². The van der Waals surface area contributed by atoms with Gasteiger partial charge in [-0.3, -0.25) is 9.59 Å². The molecule has 8 nitrogen and oxygen atoms in total. The molecule has 0 unspecified atom stereocenters. The molecule has 5 rings (SSSR count). The van der Waals surface area contributed by atoms with Gasteiger partial charge in [-0.2, -0.15) is 0 Å². The van der Waals surface area contributed by atoms with Gasteiger partial charge in [-0.05, 0) is 36.2 Å². The Balaban J connectivity index is 1.89. The van der Waals surface area contributed by atoms with Crippen LogP contribution >= 0.6 is 0 Å². The zero-order valence-corrected chi connectivity index (χ0v) is 20.8. The molecule has 2 aromatic heterocycles. The van der Waals surface area contributed by atoms with Crippen LogP contribution in [-0.4, -0.2) is 35.3 Å². The lowest BCUT2D eigenvalue weighted by atomic mass is 9.97. The molecular weight excluding hydrogens is 504 g/mol. The van der Waals surface area contributed by atoms with Gasteiger partial charge in [0.25, 0.3) is 5.56 Å². The van der Waals surface area contributed by atoms with E-state index in [0.29, 0.717) is 33.3 Å². The van der Waals surface area contributed by atoms with Gasteiger partial charge in [0.1, 0.15) is 17.2 Å². The Morgan fingerprint density at radius 3 is 2.51 bits per heavy atom. The monoisotopic (exact) mass is 527 g/mol. The zero-order chi connectivity index (χ0) is 26.6. The van der Waals surface area contributed by atoms with E-state index >= 15 is 4.39 Å². The second-order valence-electron chi connectivity index (χ2n) is 9.29. The number of aliphatic carboxylic acids is 1. The van der Waals surface area contributed by atoms with Crippen LogP contribution in [0.25, 0.3) is 22.0 Å². The molecule has 0 spiro atoms. The van der Waals surface area contributed by atoms with E-state index in [9.17, 15) is 27.5 Å². The summed E-state index contributed by atoms with van der Waals surface area (Å²) in [6.45, 7) is 0. The number of aromatic nitrogens is 2. The Kier molecular flexibility index (Phi) is 5.90. The third kappa shape index (κ3) is 4.39. The van der Waals surface area contributed by atoms with Crippen molar-refractivity contribution in [3.05, 3.63) is 81.9 Å². The van der Waals surface area contributed by atoms with Crippen LogP contribution in [0.2, 0.25) is 0 Å². The highest BCUT2D eigenvalue weighted by Crippen LogP contribution is 2.50. The van der Waals surface area contributed by atoms with E-state index in [1.807, 2.05) is 0 Å². The third-order valence-corrected chi connectivity index (χ3v) is 7.41. The predicted molar refractivity (Wildman–Crippen MR) is 136 cm³/mol. The van der Waals surface area contributed by atoms with Crippen LogP contribution in [0, 0.1) is 11.6 Å². The molecule has 0 aliphatic carbocycles. The number of aryl methyl sites for hydroxylation is 1. The summed E-state index contributed by atoms with van der Waals surface area (Å²) >= 11 is 0. The summed E-state index contributed by atoms with van der Waals surface area (Å²) in [6, 6.07) is 7.36. The average molecular weight is 528 g/mol. The maximum atomic E-state index is 15.3. The second-order valence-corrected chi connectivity index (χ2v) is 11.4. The Morgan fingerprint density at radius 1 is 1.11 bits per heavy atom. The summed E-state index contributed by atoms with van der Waals surface area (Å²) in [7, 11) is -1.79. The van der Waals surface area contributed by atoms with E-state index in [1.54, 1.807) is 42.5 Å². The van der Waals surface area contributed by atoms with Gasteiger partial charge in [0.05, 0.1) is 17.5 Å². The number of H-pyrrole nitrogens is 1. The summed E-state index contributed by atoms with van der Waals surface area (Å²) in [6.07, 6.45) is 4.16. The summed E-state index contributed by atoms with van der Waals surface area (Å²) in [5.74, 6) is -2.90. The first-order valence-electron chi connectivity index (χ1n) is 11.4. The van der Waals surface area contributed by atoms with Crippen LogP contribution < -0.4 is 10.5 Å². The lowest BCUT2D eigenvalue weighted by Crippen LogP contribution is -2.25. The quantitative estimate of drug-likeness (QED) is 0.384. The van der Waals surface area contributed by atoms with Gasteiger partial charge in [0, 0.05) is 65.9 Å². The average Bonchev–Trinajstić information content (AvgIpc) is 3.20. The molecule has 1 atom stereocenters. The highest BCUT2D eigenvalue weighted by molar-refractivity contribution is 7.89. The van der Waals surface area contributed by atoms with Gasteiger partial charge in [-0.25, -0.2) is 17.2 Å². The maximum absolute atomic E-state index is 15.3. The molecule has 3 heterocycles. The van der Waals surface area contributed by atoms with Crippen molar-refractivity contribution in [1.82, 2.24) is 9.55 Å². The van der Waals surface area contributed by atoms with E-state index in [-0.39, 0.29) is 35.4 Å². The number of carboxylic acids is 1. The number of halogens is 2. The van der Waals surface area contributed by atoms with Crippen molar-refractivity contribution < 1.29 is 27.1 Å². The first kappa shape index (κ1) is 24.7. The number of fused-ring (bicyclic) bond motifs is 2. The Hall–Kier alpha value is -3.99. The summed E-state index contributed by atoms with van der Waals surface area (Å²) in [5.41, 5.74) is 2.66. The normalized spacial score (nSPS) is 15.0. The fourth-order valence-electron chi connectivity index (χ4n) is 5.09. The molecular formula is C26H23F2N3O5S. The first-order valence-corrected chi connectivity index (χ1v) is 13.5. The largest absolute Gasteiger partial charge is 0.481 e. The minimum atomic E-state index is -3.38. The van der Waals surface area contributed by atoms with Gasteiger partial charge in [0.15, 0.2) is 9.84 Å². The van der Waals surface area contributed by atoms with Gasteiger partial charge < -0.3 is 19.6 Å². The fraction of sp³-hybridized carbons (Fsp3) is 0.231. The van der Waals surface area contributed by atoms with Crippen molar-refractivity contribution in [3.8, 4) is 11.1 Å². The molecule has 1 aliphatic heterocycles. The molecule has 0 fully saturated rings. The summed E-state index contributed by atoms with van der Waals surface area (Å²) in [5, 5.41) is 10.0. The molecule has 0 saturated carbocycles. The molecule has 2 N–H and O–H groups in total. The van der Waals surface area contributed by atoms with E-state index in [0.717, 1.165) is 18.4 Å². The summed E-state index contributed by atoms with van der Waals surface area (Å²) in [4.78, 5) is 29.1. The molecule has 37 heavy (non-hydrogen) atoms. The number of hydrogen-bond donors (Lipinski definition) is 2. The molecule has 11 heteroatoms. The minimum Gasteiger partial charge on any atom is -0.481 e.